The summed E-state index contributed by atoms with van der Waals surface area (Å²) in [6.07, 6.45) is 9.18. The molecule has 3 heteroatoms. The molecular formula is C14H23N3. The van der Waals surface area contributed by atoms with Crippen LogP contribution in [0.3, 0.4) is 0 Å². The molecule has 1 unspecified atom stereocenters. The summed E-state index contributed by atoms with van der Waals surface area (Å²) < 4.78 is 0. The van der Waals surface area contributed by atoms with E-state index in [1.165, 1.54) is 43.4 Å². The lowest BCUT2D eigenvalue weighted by molar-refractivity contribution is 0.440. The predicted octanol–water partition coefficient (Wildman–Crippen LogP) is 2.18. The fraction of sp³-hybridized carbons (Fsp3) is 0.643. The average molecular weight is 233 g/mol. The highest BCUT2D eigenvalue weighted by Crippen LogP contribution is 2.27. The van der Waals surface area contributed by atoms with Gasteiger partial charge in [-0.05, 0) is 56.8 Å². The van der Waals surface area contributed by atoms with Crippen LogP contribution in [0.25, 0.3) is 0 Å². The Balaban J connectivity index is 1.82. The van der Waals surface area contributed by atoms with Crippen LogP contribution in [-0.4, -0.2) is 18.1 Å². The molecule has 1 aromatic heterocycles. The summed E-state index contributed by atoms with van der Waals surface area (Å²) >= 11 is 0. The van der Waals surface area contributed by atoms with Gasteiger partial charge in [-0.3, -0.25) is 4.98 Å². The van der Waals surface area contributed by atoms with Gasteiger partial charge in [0, 0.05) is 12.2 Å². The summed E-state index contributed by atoms with van der Waals surface area (Å²) in [6.45, 7) is 1.90. The van der Waals surface area contributed by atoms with Crippen molar-refractivity contribution in [2.24, 2.45) is 5.73 Å². The third kappa shape index (κ3) is 3.51. The van der Waals surface area contributed by atoms with Crippen LogP contribution in [0, 0.1) is 0 Å². The Kier molecular flexibility index (Phi) is 4.95. The lowest BCUT2D eigenvalue weighted by atomic mass is 9.92. The second-order valence-electron chi connectivity index (χ2n) is 4.80. The van der Waals surface area contributed by atoms with Crippen molar-refractivity contribution >= 4 is 0 Å². The van der Waals surface area contributed by atoms with E-state index in [4.69, 9.17) is 5.73 Å². The summed E-state index contributed by atoms with van der Waals surface area (Å²) in [6, 6.07) is 4.73. The first-order valence-electron chi connectivity index (χ1n) is 6.79. The van der Waals surface area contributed by atoms with Gasteiger partial charge < -0.3 is 11.1 Å². The normalized spacial score (nSPS) is 19.0. The first-order chi connectivity index (χ1) is 8.42. The smallest absolute Gasteiger partial charge is 0.0605 e. The number of nitrogens with one attached hydrogen (secondary N) is 1. The minimum Gasteiger partial charge on any atom is -0.330 e. The van der Waals surface area contributed by atoms with E-state index in [1.807, 2.05) is 12.3 Å². The average Bonchev–Trinajstić information content (AvgIpc) is 2.39. The van der Waals surface area contributed by atoms with Gasteiger partial charge in [-0.1, -0.05) is 12.5 Å². The summed E-state index contributed by atoms with van der Waals surface area (Å²) in [5.74, 6) is 0. The number of unbranched alkanes of at least 4 members (excludes halogenated alkanes) is 2. The van der Waals surface area contributed by atoms with Crippen LogP contribution in [0.15, 0.2) is 18.3 Å². The van der Waals surface area contributed by atoms with Crippen molar-refractivity contribution in [1.29, 1.82) is 0 Å². The van der Waals surface area contributed by atoms with Crippen molar-refractivity contribution < 1.29 is 0 Å². The Hall–Kier alpha value is -0.930. The monoisotopic (exact) mass is 233 g/mol. The zero-order chi connectivity index (χ0) is 11.9. The van der Waals surface area contributed by atoms with E-state index in [2.05, 4.69) is 16.4 Å². The van der Waals surface area contributed by atoms with Gasteiger partial charge in [-0.15, -0.1) is 0 Å². The second kappa shape index (κ2) is 6.72. The topological polar surface area (TPSA) is 50.9 Å². The number of hydrogen-bond acceptors (Lipinski definition) is 3. The fourth-order valence-corrected chi connectivity index (χ4v) is 2.53. The maximum absolute atomic E-state index is 5.49. The van der Waals surface area contributed by atoms with Gasteiger partial charge in [0.1, 0.15) is 0 Å². The zero-order valence-corrected chi connectivity index (χ0v) is 10.5. The molecule has 94 valence electrons. The van der Waals surface area contributed by atoms with Gasteiger partial charge in [0.25, 0.3) is 0 Å². The molecule has 0 spiro atoms. The molecule has 0 saturated heterocycles. The van der Waals surface area contributed by atoms with Gasteiger partial charge >= 0.3 is 0 Å². The van der Waals surface area contributed by atoms with E-state index in [9.17, 15) is 0 Å². The maximum Gasteiger partial charge on any atom is 0.0605 e. The van der Waals surface area contributed by atoms with E-state index < -0.39 is 0 Å². The lowest BCUT2D eigenvalue weighted by Crippen LogP contribution is -2.27. The van der Waals surface area contributed by atoms with Gasteiger partial charge in [0.2, 0.25) is 0 Å². The predicted molar refractivity (Wildman–Crippen MR) is 70.8 cm³/mol. The molecule has 1 heterocycles. The Morgan fingerprint density at radius 3 is 3.18 bits per heavy atom. The molecule has 3 N–H and O–H groups in total. The van der Waals surface area contributed by atoms with Crippen molar-refractivity contribution in [2.45, 2.75) is 44.6 Å². The molecule has 0 bridgehead atoms. The molecule has 1 aliphatic rings. The number of pyridine rings is 1. The van der Waals surface area contributed by atoms with Gasteiger partial charge in [0.15, 0.2) is 0 Å². The summed E-state index contributed by atoms with van der Waals surface area (Å²) in [5, 5.41) is 3.63. The van der Waals surface area contributed by atoms with Gasteiger partial charge in [-0.2, -0.15) is 0 Å². The van der Waals surface area contributed by atoms with Crippen LogP contribution < -0.4 is 11.1 Å². The van der Waals surface area contributed by atoms with Gasteiger partial charge in [-0.25, -0.2) is 0 Å². The molecule has 0 radical (unpaired) electrons. The number of rotatable bonds is 6. The number of nitrogens with zero attached hydrogens (tertiary/aromatic N) is 1. The van der Waals surface area contributed by atoms with Crippen molar-refractivity contribution in [2.75, 3.05) is 13.1 Å². The van der Waals surface area contributed by atoms with Crippen LogP contribution in [0.1, 0.15) is 49.4 Å². The summed E-state index contributed by atoms with van der Waals surface area (Å²) in [4.78, 5) is 4.53. The van der Waals surface area contributed by atoms with Crippen molar-refractivity contribution in [3.05, 3.63) is 29.6 Å². The number of aryl methyl sites for hydroxylation is 1. The number of hydrogen-bond donors (Lipinski definition) is 2. The maximum atomic E-state index is 5.49. The van der Waals surface area contributed by atoms with Crippen molar-refractivity contribution in [3.63, 3.8) is 0 Å². The van der Waals surface area contributed by atoms with E-state index in [1.54, 1.807) is 0 Å². The van der Waals surface area contributed by atoms with Gasteiger partial charge in [0.05, 0.1) is 5.69 Å². The second-order valence-corrected chi connectivity index (χ2v) is 4.80. The highest BCUT2D eigenvalue weighted by atomic mass is 14.9. The lowest BCUT2D eigenvalue weighted by Gasteiger charge is -2.25. The minimum absolute atomic E-state index is 0.470. The first kappa shape index (κ1) is 12.5. The molecule has 0 fully saturated rings. The minimum atomic E-state index is 0.470. The van der Waals surface area contributed by atoms with Crippen LogP contribution in [0.4, 0.5) is 0 Å². The highest BCUT2D eigenvalue weighted by molar-refractivity contribution is 5.25. The first-order valence-corrected chi connectivity index (χ1v) is 6.79. The molecule has 0 aliphatic heterocycles. The molecule has 1 aliphatic carbocycles. The van der Waals surface area contributed by atoms with Crippen molar-refractivity contribution in [1.82, 2.24) is 10.3 Å². The zero-order valence-electron chi connectivity index (χ0n) is 10.5. The molecule has 0 aromatic carbocycles. The molecule has 3 nitrogen and oxygen atoms in total. The quantitative estimate of drug-likeness (QED) is 0.740. The van der Waals surface area contributed by atoms with Crippen molar-refractivity contribution in [3.8, 4) is 0 Å². The third-order valence-corrected chi connectivity index (χ3v) is 3.47. The Morgan fingerprint density at radius 2 is 2.29 bits per heavy atom. The van der Waals surface area contributed by atoms with Crippen LogP contribution >= 0.6 is 0 Å². The summed E-state index contributed by atoms with van der Waals surface area (Å²) in [5.41, 5.74) is 8.19. The highest BCUT2D eigenvalue weighted by Gasteiger charge is 2.19. The standard InChI is InChI=1S/C14H23N3/c15-9-2-1-3-10-16-13-8-4-6-12-7-5-11-17-14(12)13/h5,7,11,13,16H,1-4,6,8-10,15H2. The fourth-order valence-electron chi connectivity index (χ4n) is 2.53. The number of fused-ring (bicyclic) bond motifs is 1. The number of aromatic nitrogens is 1. The molecular weight excluding hydrogens is 210 g/mol. The van der Waals surface area contributed by atoms with E-state index in [-0.39, 0.29) is 0 Å². The van der Waals surface area contributed by atoms with E-state index in [0.717, 1.165) is 19.5 Å². The van der Waals surface area contributed by atoms with Crippen LogP contribution in [0.5, 0.6) is 0 Å². The molecule has 1 atom stereocenters. The molecule has 0 saturated carbocycles. The largest absolute Gasteiger partial charge is 0.330 e. The number of nitrogens with two attached hydrogens (primary N) is 1. The van der Waals surface area contributed by atoms with Crippen LogP contribution in [-0.2, 0) is 6.42 Å². The third-order valence-electron chi connectivity index (χ3n) is 3.47. The molecule has 0 amide bonds. The molecule has 17 heavy (non-hydrogen) atoms. The molecule has 1 aromatic rings. The molecule has 2 rings (SSSR count). The Labute approximate surface area is 104 Å². The Bertz CT molecular complexity index is 338. The SMILES string of the molecule is NCCCCCNC1CCCc2cccnc21. The van der Waals surface area contributed by atoms with E-state index in [0.29, 0.717) is 6.04 Å². The van der Waals surface area contributed by atoms with E-state index >= 15 is 0 Å². The summed E-state index contributed by atoms with van der Waals surface area (Å²) in [7, 11) is 0. The Morgan fingerprint density at radius 1 is 1.35 bits per heavy atom. The van der Waals surface area contributed by atoms with Crippen LogP contribution in [0.2, 0.25) is 0 Å².